The highest BCUT2D eigenvalue weighted by Gasteiger charge is 2.55. The minimum atomic E-state index is -1.38. The number of carbonyl (C=O) groups excluding carboxylic acids is 4. The molecule has 1 amide bonds. The van der Waals surface area contributed by atoms with Crippen molar-refractivity contribution in [1.82, 2.24) is 5.32 Å². The second kappa shape index (κ2) is 38.3. The van der Waals surface area contributed by atoms with Crippen molar-refractivity contribution in [2.24, 2.45) is 0 Å². The Labute approximate surface area is 479 Å². The zero-order valence-corrected chi connectivity index (χ0v) is 48.4. The monoisotopic (exact) mass is 1100 g/mol. The number of nitrogens with one attached hydrogen (secondary N) is 1. The van der Waals surface area contributed by atoms with Gasteiger partial charge in [-0.15, -0.1) is 0 Å². The van der Waals surface area contributed by atoms with Crippen LogP contribution in [0.5, 0.6) is 0 Å². The molecule has 0 aliphatic carbocycles. The molecule has 2 aliphatic rings. The van der Waals surface area contributed by atoms with E-state index in [1.165, 1.54) is 116 Å². The van der Waals surface area contributed by atoms with Crippen LogP contribution in [-0.2, 0) is 38.0 Å². The van der Waals surface area contributed by atoms with Gasteiger partial charge in [0.1, 0.15) is 18.3 Å². The third-order valence-corrected chi connectivity index (χ3v) is 15.5. The molecule has 8 atom stereocenters. The fraction of sp³-hybridized carbons (Fsp3) is 0.588. The first kappa shape index (κ1) is 63.8. The van der Waals surface area contributed by atoms with Crippen molar-refractivity contribution in [1.29, 1.82) is 0 Å². The van der Waals surface area contributed by atoms with Crippen LogP contribution in [-0.4, -0.2) is 79.9 Å². The average molecular weight is 1100 g/mol. The second-order valence-electron chi connectivity index (χ2n) is 22.0. The fourth-order valence-corrected chi connectivity index (χ4v) is 10.8. The lowest BCUT2D eigenvalue weighted by Gasteiger charge is -2.48. The number of hydrogen-bond donors (Lipinski definition) is 1. The topological polar surface area (TPSA) is 145 Å². The first-order valence-corrected chi connectivity index (χ1v) is 31.0. The molecule has 0 saturated carbocycles. The molecule has 2 fully saturated rings. The molecule has 0 radical (unpaired) electrons. The summed E-state index contributed by atoms with van der Waals surface area (Å²) in [6, 6.07) is 34.6. The summed E-state index contributed by atoms with van der Waals surface area (Å²) in [7, 11) is 0. The number of rotatable bonds is 40. The molecule has 2 heterocycles. The van der Waals surface area contributed by atoms with Gasteiger partial charge >= 0.3 is 17.9 Å². The first-order valence-electron chi connectivity index (χ1n) is 31.0. The van der Waals surface area contributed by atoms with Crippen LogP contribution in [0.4, 0.5) is 0 Å². The summed E-state index contributed by atoms with van der Waals surface area (Å²) in [5.74, 6) is -2.05. The largest absolute Gasteiger partial charge is 0.456 e. The summed E-state index contributed by atoms with van der Waals surface area (Å²) in [5.41, 5.74) is 1.69. The van der Waals surface area contributed by atoms with Gasteiger partial charge in [0.25, 0.3) is 0 Å². The Bertz CT molecular complexity index is 2280. The summed E-state index contributed by atoms with van der Waals surface area (Å²) < 4.78 is 45.5. The maximum absolute atomic E-state index is 14.2. The number of carbonyl (C=O) groups is 4. The van der Waals surface area contributed by atoms with Crippen molar-refractivity contribution in [2.75, 3.05) is 13.2 Å². The molecular formula is C68H95NO11. The zero-order valence-electron chi connectivity index (χ0n) is 48.4. The Balaban J connectivity index is 1.20. The van der Waals surface area contributed by atoms with Gasteiger partial charge < -0.3 is 38.5 Å². The van der Waals surface area contributed by atoms with Crippen molar-refractivity contribution in [3.05, 3.63) is 144 Å². The number of esters is 3. The molecule has 1 N–H and O–H groups in total. The lowest BCUT2D eigenvalue weighted by molar-refractivity contribution is -0.360. The molecule has 12 heteroatoms. The summed E-state index contributed by atoms with van der Waals surface area (Å²) >= 11 is 0. The summed E-state index contributed by atoms with van der Waals surface area (Å²) in [4.78, 5) is 56.5. The molecule has 4 aromatic carbocycles. The molecule has 0 spiro atoms. The molecule has 12 nitrogen and oxygen atoms in total. The first-order chi connectivity index (χ1) is 39.3. The smallest absolute Gasteiger partial charge is 0.338 e. The SMILES string of the molecule is CCCCCCCCCCCCCCCC(=O)N[C@@H](CO[C@H]1O[C@@H]2COC(c3ccccc3)O[C@@H]2[C@H](OC(=O)c2ccccc2)[C@H]1OC(=O)c1ccccc1)[C@@H](CCCCCCCCCCCCCCC)OC(=O)c1ccccc1. The van der Waals surface area contributed by atoms with E-state index >= 15 is 0 Å². The van der Waals surface area contributed by atoms with Crippen LogP contribution in [0.1, 0.15) is 237 Å². The number of hydrogen-bond acceptors (Lipinski definition) is 11. The molecule has 0 aromatic heterocycles. The lowest BCUT2D eigenvalue weighted by Crippen LogP contribution is -2.64. The molecule has 4 aromatic rings. The van der Waals surface area contributed by atoms with Crippen LogP contribution in [0.3, 0.4) is 0 Å². The Morgan fingerprint density at radius 1 is 0.487 bits per heavy atom. The summed E-state index contributed by atoms with van der Waals surface area (Å²) in [6.45, 7) is 4.33. The van der Waals surface area contributed by atoms with E-state index in [0.717, 1.165) is 56.9 Å². The van der Waals surface area contributed by atoms with Gasteiger partial charge in [0.05, 0.1) is 35.9 Å². The minimum Gasteiger partial charge on any atom is -0.456 e. The second-order valence-corrected chi connectivity index (χ2v) is 22.0. The van der Waals surface area contributed by atoms with Gasteiger partial charge in [-0.2, -0.15) is 0 Å². The van der Waals surface area contributed by atoms with Gasteiger partial charge in [0.15, 0.2) is 24.8 Å². The van der Waals surface area contributed by atoms with Gasteiger partial charge in [-0.05, 0) is 55.7 Å². The Hall–Kier alpha value is -5.40. The van der Waals surface area contributed by atoms with Gasteiger partial charge in [-0.25, -0.2) is 14.4 Å². The fourth-order valence-electron chi connectivity index (χ4n) is 10.8. The van der Waals surface area contributed by atoms with Gasteiger partial charge in [0, 0.05) is 12.0 Å². The number of unbranched alkanes of at least 4 members (excludes halogenated alkanes) is 24. The third kappa shape index (κ3) is 23.2. The molecule has 2 aliphatic heterocycles. The van der Waals surface area contributed by atoms with E-state index in [-0.39, 0.29) is 30.2 Å². The third-order valence-electron chi connectivity index (χ3n) is 15.5. The highest BCUT2D eigenvalue weighted by Crippen LogP contribution is 2.38. The lowest BCUT2D eigenvalue weighted by atomic mass is 9.96. The van der Waals surface area contributed by atoms with Crippen molar-refractivity contribution in [3.8, 4) is 0 Å². The van der Waals surface area contributed by atoms with Crippen LogP contribution in [0.25, 0.3) is 0 Å². The maximum atomic E-state index is 14.2. The number of ether oxygens (including phenoxy) is 7. The van der Waals surface area contributed by atoms with Crippen LogP contribution >= 0.6 is 0 Å². The highest BCUT2D eigenvalue weighted by molar-refractivity contribution is 5.91. The molecule has 438 valence electrons. The van der Waals surface area contributed by atoms with Crippen LogP contribution < -0.4 is 5.32 Å². The Morgan fingerprint density at radius 2 is 0.900 bits per heavy atom. The Kier molecular flexibility index (Phi) is 30.6. The standard InChI is InChI=1S/C68H95NO11/c1-3-5-7-9-11-13-15-17-19-21-23-25-39-49-58(76-64(71)53-41-31-27-32-42-53)57(69-60(70)50-40-26-24-22-20-18-16-14-12-10-8-6-4-2)51-74-68-63(79-66(73)55-45-35-29-36-46-55)62(78-65(72)54-43-33-28-34-44-54)61-59(77-68)52-75-67(80-61)56-47-37-30-38-48-56/h27-38,41-48,57-59,61-63,67-68H,3-26,39-40,49-52H2,1-2H3,(H,69,70)/t57-,58+,59+,61-,62-,63+,67?,68-/m0/s1. The summed E-state index contributed by atoms with van der Waals surface area (Å²) in [6.07, 6.45) is 24.3. The molecule has 80 heavy (non-hydrogen) atoms. The quantitative estimate of drug-likeness (QED) is 0.0258. The van der Waals surface area contributed by atoms with E-state index < -0.39 is 67.0 Å². The minimum absolute atomic E-state index is 0.0263. The predicted octanol–water partition coefficient (Wildman–Crippen LogP) is 16.0. The van der Waals surface area contributed by atoms with E-state index in [0.29, 0.717) is 18.4 Å². The van der Waals surface area contributed by atoms with E-state index in [1.807, 2.05) is 36.4 Å². The molecule has 6 rings (SSSR count). The molecular weight excluding hydrogens is 1010 g/mol. The van der Waals surface area contributed by atoms with E-state index in [2.05, 4.69) is 19.2 Å². The Morgan fingerprint density at radius 3 is 1.38 bits per heavy atom. The normalized spacial score (nSPS) is 19.5. The van der Waals surface area contributed by atoms with E-state index in [1.54, 1.807) is 84.9 Å². The molecule has 0 bridgehead atoms. The van der Waals surface area contributed by atoms with Crippen molar-refractivity contribution >= 4 is 23.8 Å². The van der Waals surface area contributed by atoms with Gasteiger partial charge in [0.2, 0.25) is 5.91 Å². The summed E-state index contributed by atoms with van der Waals surface area (Å²) in [5, 5.41) is 3.24. The number of amides is 1. The van der Waals surface area contributed by atoms with Crippen molar-refractivity contribution in [2.45, 2.75) is 243 Å². The molecule has 1 unspecified atom stereocenters. The van der Waals surface area contributed by atoms with Crippen LogP contribution in [0.2, 0.25) is 0 Å². The predicted molar refractivity (Wildman–Crippen MR) is 314 cm³/mol. The van der Waals surface area contributed by atoms with Crippen molar-refractivity contribution < 1.29 is 52.3 Å². The number of benzene rings is 4. The van der Waals surface area contributed by atoms with Crippen molar-refractivity contribution in [3.63, 3.8) is 0 Å². The van der Waals surface area contributed by atoms with E-state index in [9.17, 15) is 19.2 Å². The number of fused-ring (bicyclic) bond motifs is 1. The maximum Gasteiger partial charge on any atom is 0.338 e. The molecule has 2 saturated heterocycles. The highest BCUT2D eigenvalue weighted by atomic mass is 16.8. The van der Waals surface area contributed by atoms with Gasteiger partial charge in [-0.3, -0.25) is 4.79 Å². The van der Waals surface area contributed by atoms with Crippen LogP contribution in [0, 0.1) is 0 Å². The average Bonchev–Trinajstić information content (AvgIpc) is 3.54. The van der Waals surface area contributed by atoms with E-state index in [4.69, 9.17) is 33.2 Å². The van der Waals surface area contributed by atoms with Crippen LogP contribution in [0.15, 0.2) is 121 Å². The van der Waals surface area contributed by atoms with Gasteiger partial charge in [-0.1, -0.05) is 253 Å². The zero-order chi connectivity index (χ0) is 56.2.